The summed E-state index contributed by atoms with van der Waals surface area (Å²) in [7, 11) is 0. The third-order valence-corrected chi connectivity index (χ3v) is 5.57. The van der Waals surface area contributed by atoms with Crippen LogP contribution < -0.4 is 21.2 Å². The second kappa shape index (κ2) is 9.84. The Bertz CT molecular complexity index is 1370. The molecule has 0 spiro atoms. The van der Waals surface area contributed by atoms with E-state index in [0.717, 1.165) is 10.6 Å². The number of hydrogen-bond donors (Lipinski definition) is 2. The molecule has 1 atom stereocenters. The van der Waals surface area contributed by atoms with Crippen LogP contribution in [0.4, 0.5) is 25.8 Å². The highest BCUT2D eigenvalue weighted by Gasteiger charge is 2.35. The number of carbonyl (C=O) groups is 3. The van der Waals surface area contributed by atoms with Gasteiger partial charge in [-0.25, -0.2) is 18.6 Å². The van der Waals surface area contributed by atoms with Crippen LogP contribution in [0.5, 0.6) is 0 Å². The summed E-state index contributed by atoms with van der Waals surface area (Å²) in [5.41, 5.74) is 0.200. The Hall–Kier alpha value is -4.41. The van der Waals surface area contributed by atoms with E-state index in [4.69, 9.17) is 0 Å². The molecule has 9 nitrogen and oxygen atoms in total. The highest BCUT2D eigenvalue weighted by molar-refractivity contribution is 6.03. The maximum Gasteiger partial charge on any atom is 0.347 e. The Morgan fingerprint density at radius 3 is 2.63 bits per heavy atom. The molecule has 11 heteroatoms. The first-order valence-corrected chi connectivity index (χ1v) is 10.7. The third-order valence-electron chi connectivity index (χ3n) is 5.57. The lowest BCUT2D eigenvalue weighted by molar-refractivity contribution is -0.122. The molecular formula is C24H21F2N5O4. The number of nitrogens with zero attached hydrogens (tertiary/aromatic N) is 3. The van der Waals surface area contributed by atoms with Gasteiger partial charge in [0.1, 0.15) is 18.2 Å². The number of halogens is 2. The van der Waals surface area contributed by atoms with Crippen LogP contribution in [-0.4, -0.2) is 33.8 Å². The summed E-state index contributed by atoms with van der Waals surface area (Å²) in [5, 5.41) is 4.99. The van der Waals surface area contributed by atoms with Crippen molar-refractivity contribution < 1.29 is 23.2 Å². The fraction of sp³-hybridized carbons (Fsp3) is 0.208. The molecule has 1 aliphatic heterocycles. The number of nitrogens with one attached hydrogen (secondary N) is 2. The lowest BCUT2D eigenvalue weighted by Crippen LogP contribution is -2.29. The van der Waals surface area contributed by atoms with E-state index in [0.29, 0.717) is 11.3 Å². The van der Waals surface area contributed by atoms with Crippen LogP contribution in [-0.2, 0) is 20.9 Å². The largest absolute Gasteiger partial charge is 0.347 e. The van der Waals surface area contributed by atoms with E-state index < -0.39 is 35.1 Å². The standard InChI is InChI=1S/C24H21F2N5O4/c1-14-3-5-17(11-19(14)26)31-12-15(9-22(31)33)23(34)29-20-10-16(4-6-18(20)25)28-21(32)13-30-8-2-7-27-24(30)35/h2-8,10-11,15H,9,12-13H2,1H3,(H,28,32)(H,29,34). The molecule has 0 aliphatic carbocycles. The van der Waals surface area contributed by atoms with Gasteiger partial charge in [-0.2, -0.15) is 0 Å². The van der Waals surface area contributed by atoms with Gasteiger partial charge in [0.25, 0.3) is 0 Å². The van der Waals surface area contributed by atoms with Crippen molar-refractivity contribution in [3.05, 3.63) is 82.5 Å². The Kier molecular flexibility index (Phi) is 6.67. The van der Waals surface area contributed by atoms with E-state index in [1.165, 1.54) is 41.6 Å². The molecular weight excluding hydrogens is 460 g/mol. The van der Waals surface area contributed by atoms with Crippen molar-refractivity contribution in [3.8, 4) is 0 Å². The zero-order valence-corrected chi connectivity index (χ0v) is 18.6. The number of aromatic nitrogens is 2. The van der Waals surface area contributed by atoms with Gasteiger partial charge in [-0.3, -0.25) is 19.0 Å². The number of amides is 3. The minimum absolute atomic E-state index is 0.0189. The monoisotopic (exact) mass is 481 g/mol. The fourth-order valence-electron chi connectivity index (χ4n) is 3.68. The van der Waals surface area contributed by atoms with E-state index in [9.17, 15) is 28.0 Å². The zero-order valence-electron chi connectivity index (χ0n) is 18.6. The molecule has 2 aromatic carbocycles. The molecule has 3 aromatic rings. The van der Waals surface area contributed by atoms with E-state index >= 15 is 0 Å². The van der Waals surface area contributed by atoms with Crippen molar-refractivity contribution in [1.29, 1.82) is 0 Å². The summed E-state index contributed by atoms with van der Waals surface area (Å²) in [4.78, 5) is 54.0. The number of carbonyl (C=O) groups excluding carboxylic acids is 3. The predicted molar refractivity (Wildman–Crippen MR) is 124 cm³/mol. The highest BCUT2D eigenvalue weighted by atomic mass is 19.1. The Morgan fingerprint density at radius 2 is 1.89 bits per heavy atom. The normalized spacial score (nSPS) is 15.2. The van der Waals surface area contributed by atoms with Crippen molar-refractivity contribution in [1.82, 2.24) is 9.55 Å². The molecule has 0 radical (unpaired) electrons. The highest BCUT2D eigenvalue weighted by Crippen LogP contribution is 2.28. The van der Waals surface area contributed by atoms with Gasteiger partial charge in [0.2, 0.25) is 17.7 Å². The van der Waals surface area contributed by atoms with Crippen LogP contribution in [0, 0.1) is 24.5 Å². The van der Waals surface area contributed by atoms with Crippen LogP contribution in [0.1, 0.15) is 12.0 Å². The van der Waals surface area contributed by atoms with Crippen molar-refractivity contribution in [2.24, 2.45) is 5.92 Å². The lowest BCUT2D eigenvalue weighted by atomic mass is 10.1. The molecule has 4 rings (SSSR count). The van der Waals surface area contributed by atoms with Crippen molar-refractivity contribution in [2.45, 2.75) is 19.9 Å². The second-order valence-electron chi connectivity index (χ2n) is 8.10. The smallest absolute Gasteiger partial charge is 0.324 e. The van der Waals surface area contributed by atoms with Gasteiger partial charge in [0, 0.05) is 36.7 Å². The average Bonchev–Trinajstić information content (AvgIpc) is 3.21. The molecule has 1 fully saturated rings. The van der Waals surface area contributed by atoms with Gasteiger partial charge >= 0.3 is 5.69 Å². The Balaban J connectivity index is 1.42. The van der Waals surface area contributed by atoms with Crippen LogP contribution in [0.2, 0.25) is 0 Å². The summed E-state index contributed by atoms with van der Waals surface area (Å²) in [6, 6.07) is 9.50. The van der Waals surface area contributed by atoms with Crippen LogP contribution in [0.3, 0.4) is 0 Å². The van der Waals surface area contributed by atoms with E-state index in [2.05, 4.69) is 15.6 Å². The summed E-state index contributed by atoms with van der Waals surface area (Å²) in [5.74, 6) is -3.45. The van der Waals surface area contributed by atoms with Crippen molar-refractivity contribution >= 4 is 34.8 Å². The summed E-state index contributed by atoms with van der Waals surface area (Å²) >= 11 is 0. The molecule has 1 aliphatic rings. The summed E-state index contributed by atoms with van der Waals surface area (Å²) in [6.45, 7) is 1.32. The van der Waals surface area contributed by atoms with Gasteiger partial charge in [0.15, 0.2) is 0 Å². The first-order chi connectivity index (χ1) is 16.7. The number of benzene rings is 2. The minimum Gasteiger partial charge on any atom is -0.324 e. The van der Waals surface area contributed by atoms with E-state index in [-0.39, 0.29) is 36.8 Å². The van der Waals surface area contributed by atoms with E-state index in [1.54, 1.807) is 19.1 Å². The van der Waals surface area contributed by atoms with Crippen molar-refractivity contribution in [2.75, 3.05) is 22.1 Å². The molecule has 35 heavy (non-hydrogen) atoms. The quantitative estimate of drug-likeness (QED) is 0.562. The Morgan fingerprint density at radius 1 is 1.09 bits per heavy atom. The molecule has 0 bridgehead atoms. The van der Waals surface area contributed by atoms with Gasteiger partial charge in [-0.15, -0.1) is 0 Å². The molecule has 1 saturated heterocycles. The number of aryl methyl sites for hydroxylation is 1. The first kappa shape index (κ1) is 23.7. The maximum atomic E-state index is 14.4. The zero-order chi connectivity index (χ0) is 25.1. The number of rotatable bonds is 6. The van der Waals surface area contributed by atoms with Gasteiger partial charge < -0.3 is 15.5 Å². The topological polar surface area (TPSA) is 113 Å². The lowest BCUT2D eigenvalue weighted by Gasteiger charge is -2.17. The van der Waals surface area contributed by atoms with Gasteiger partial charge in [-0.05, 0) is 48.9 Å². The molecule has 2 heterocycles. The first-order valence-electron chi connectivity index (χ1n) is 10.7. The third kappa shape index (κ3) is 5.40. The molecule has 3 amide bonds. The molecule has 1 aromatic heterocycles. The van der Waals surface area contributed by atoms with E-state index in [1.807, 2.05) is 0 Å². The van der Waals surface area contributed by atoms with Crippen LogP contribution >= 0.6 is 0 Å². The molecule has 1 unspecified atom stereocenters. The molecule has 180 valence electrons. The fourth-order valence-corrected chi connectivity index (χ4v) is 3.68. The Labute approximate surface area is 198 Å². The van der Waals surface area contributed by atoms with Crippen molar-refractivity contribution in [3.63, 3.8) is 0 Å². The molecule has 2 N–H and O–H groups in total. The number of anilines is 3. The maximum absolute atomic E-state index is 14.4. The van der Waals surface area contributed by atoms with Crippen LogP contribution in [0.15, 0.2) is 59.7 Å². The van der Waals surface area contributed by atoms with Gasteiger partial charge in [0.05, 0.1) is 11.6 Å². The molecule has 0 saturated carbocycles. The predicted octanol–water partition coefficient (Wildman–Crippen LogP) is 2.46. The minimum atomic E-state index is -0.776. The number of hydrogen-bond acceptors (Lipinski definition) is 5. The van der Waals surface area contributed by atoms with Gasteiger partial charge in [-0.1, -0.05) is 6.07 Å². The summed E-state index contributed by atoms with van der Waals surface area (Å²) in [6.07, 6.45) is 2.60. The second-order valence-corrected chi connectivity index (χ2v) is 8.10. The average molecular weight is 481 g/mol. The van der Waals surface area contributed by atoms with Crippen LogP contribution in [0.25, 0.3) is 0 Å². The summed E-state index contributed by atoms with van der Waals surface area (Å²) < 4.78 is 29.4. The SMILES string of the molecule is Cc1ccc(N2CC(C(=O)Nc3cc(NC(=O)Cn4cccnc4=O)ccc3F)CC2=O)cc1F.